The molecule has 1 aliphatic heterocycles. The van der Waals surface area contributed by atoms with E-state index in [2.05, 4.69) is 5.32 Å². The molecule has 2 aromatic carbocycles. The average Bonchev–Trinajstić information content (AvgIpc) is 2.60. The first-order valence-electron chi connectivity index (χ1n) is 9.34. The van der Waals surface area contributed by atoms with E-state index in [0.29, 0.717) is 24.2 Å². The Balaban J connectivity index is 1.85. The number of anilines is 2. The molecule has 5 nitrogen and oxygen atoms in total. The Morgan fingerprint density at radius 2 is 1.93 bits per heavy atom. The van der Waals surface area contributed by atoms with Crippen LogP contribution in [0.3, 0.4) is 0 Å². The van der Waals surface area contributed by atoms with Crippen LogP contribution >= 0.6 is 0 Å². The van der Waals surface area contributed by atoms with Gasteiger partial charge in [0.25, 0.3) is 5.91 Å². The Kier molecular flexibility index (Phi) is 5.56. The first kappa shape index (κ1) is 19.4. The van der Waals surface area contributed by atoms with E-state index in [1.54, 1.807) is 12.1 Å². The predicted octanol–water partition coefficient (Wildman–Crippen LogP) is 4.05. The quantitative estimate of drug-likeness (QED) is 0.843. The summed E-state index contributed by atoms with van der Waals surface area (Å²) >= 11 is 0. The van der Waals surface area contributed by atoms with E-state index in [0.717, 1.165) is 35.2 Å². The van der Waals surface area contributed by atoms with Gasteiger partial charge in [0, 0.05) is 17.8 Å². The number of amides is 1. The van der Waals surface area contributed by atoms with Crippen molar-refractivity contribution in [3.8, 4) is 0 Å². The van der Waals surface area contributed by atoms with Crippen molar-refractivity contribution in [3.63, 3.8) is 0 Å². The SMILES string of the molecule is CCCS(=O)(=O)N1CCCc2cc(NC(=O)c3ccc(C)cc3C)ccc21. The van der Waals surface area contributed by atoms with Gasteiger partial charge in [-0.1, -0.05) is 24.6 Å². The first-order chi connectivity index (χ1) is 12.8. The molecule has 27 heavy (non-hydrogen) atoms. The van der Waals surface area contributed by atoms with Crippen molar-refractivity contribution in [3.05, 3.63) is 58.7 Å². The van der Waals surface area contributed by atoms with Crippen molar-refractivity contribution < 1.29 is 13.2 Å². The minimum atomic E-state index is -3.29. The average molecular weight is 387 g/mol. The van der Waals surface area contributed by atoms with E-state index in [1.807, 2.05) is 45.0 Å². The van der Waals surface area contributed by atoms with Gasteiger partial charge in [0.05, 0.1) is 11.4 Å². The third-order valence-electron chi connectivity index (χ3n) is 4.84. The molecule has 3 rings (SSSR count). The number of rotatable bonds is 5. The van der Waals surface area contributed by atoms with Gasteiger partial charge in [-0.05, 0) is 68.5 Å². The van der Waals surface area contributed by atoms with Crippen LogP contribution in [0.25, 0.3) is 0 Å². The van der Waals surface area contributed by atoms with E-state index >= 15 is 0 Å². The molecule has 0 radical (unpaired) electrons. The Bertz CT molecular complexity index is 967. The zero-order chi connectivity index (χ0) is 19.6. The Morgan fingerprint density at radius 3 is 2.63 bits per heavy atom. The molecule has 1 amide bonds. The molecular weight excluding hydrogens is 360 g/mol. The molecule has 2 aromatic rings. The van der Waals surface area contributed by atoms with Crippen LogP contribution in [0.2, 0.25) is 0 Å². The van der Waals surface area contributed by atoms with Crippen LogP contribution in [0.5, 0.6) is 0 Å². The highest BCUT2D eigenvalue weighted by Crippen LogP contribution is 2.32. The van der Waals surface area contributed by atoms with E-state index in [-0.39, 0.29) is 11.7 Å². The number of carbonyl (C=O) groups excluding carboxylic acids is 1. The molecule has 0 spiro atoms. The Hall–Kier alpha value is -2.34. The highest BCUT2D eigenvalue weighted by atomic mass is 32.2. The monoisotopic (exact) mass is 386 g/mol. The standard InChI is InChI=1S/C21H26N2O3S/c1-4-12-27(25,26)23-11-5-6-17-14-18(8-10-20(17)23)22-21(24)19-9-7-15(2)13-16(19)3/h7-10,13-14H,4-6,11-12H2,1-3H3,(H,22,24). The van der Waals surface area contributed by atoms with Crippen LogP contribution in [-0.4, -0.2) is 26.6 Å². The van der Waals surface area contributed by atoms with Gasteiger partial charge in [0.2, 0.25) is 10.0 Å². The fourth-order valence-electron chi connectivity index (χ4n) is 3.56. The number of nitrogens with one attached hydrogen (secondary N) is 1. The summed E-state index contributed by atoms with van der Waals surface area (Å²) in [5.74, 6) is -0.00354. The summed E-state index contributed by atoms with van der Waals surface area (Å²) in [4.78, 5) is 12.6. The van der Waals surface area contributed by atoms with E-state index in [4.69, 9.17) is 0 Å². The molecule has 6 heteroatoms. The maximum absolute atomic E-state index is 12.6. The lowest BCUT2D eigenvalue weighted by Crippen LogP contribution is -2.37. The molecule has 1 N–H and O–H groups in total. The second-order valence-corrected chi connectivity index (χ2v) is 9.12. The molecule has 0 atom stereocenters. The zero-order valence-electron chi connectivity index (χ0n) is 16.1. The molecular formula is C21H26N2O3S. The number of nitrogens with zero attached hydrogens (tertiary/aromatic N) is 1. The van der Waals surface area contributed by atoms with Gasteiger partial charge in [0.1, 0.15) is 0 Å². The summed E-state index contributed by atoms with van der Waals surface area (Å²) < 4.78 is 26.6. The van der Waals surface area contributed by atoms with Crippen LogP contribution in [0.15, 0.2) is 36.4 Å². The van der Waals surface area contributed by atoms with Crippen molar-refractivity contribution in [2.24, 2.45) is 0 Å². The topological polar surface area (TPSA) is 66.5 Å². The van der Waals surface area contributed by atoms with E-state index < -0.39 is 10.0 Å². The maximum Gasteiger partial charge on any atom is 0.255 e. The summed E-state index contributed by atoms with van der Waals surface area (Å²) in [6.45, 7) is 6.31. The summed E-state index contributed by atoms with van der Waals surface area (Å²) in [5, 5.41) is 2.94. The number of fused-ring (bicyclic) bond motifs is 1. The lowest BCUT2D eigenvalue weighted by atomic mass is 10.0. The molecule has 0 bridgehead atoms. The third kappa shape index (κ3) is 4.16. The van der Waals surface area contributed by atoms with Gasteiger partial charge in [-0.3, -0.25) is 9.10 Å². The van der Waals surface area contributed by atoms with Gasteiger partial charge < -0.3 is 5.32 Å². The predicted molar refractivity (Wildman–Crippen MR) is 110 cm³/mol. The summed E-state index contributed by atoms with van der Waals surface area (Å²) in [6, 6.07) is 11.2. The summed E-state index contributed by atoms with van der Waals surface area (Å²) in [5.41, 5.74) is 5.08. The Labute approximate surface area is 161 Å². The fourth-order valence-corrected chi connectivity index (χ4v) is 5.19. The largest absolute Gasteiger partial charge is 0.322 e. The maximum atomic E-state index is 12.6. The van der Waals surface area contributed by atoms with Gasteiger partial charge in [-0.15, -0.1) is 0 Å². The lowest BCUT2D eigenvalue weighted by Gasteiger charge is -2.30. The van der Waals surface area contributed by atoms with Crippen LogP contribution < -0.4 is 9.62 Å². The van der Waals surface area contributed by atoms with Gasteiger partial charge >= 0.3 is 0 Å². The second-order valence-electron chi connectivity index (χ2n) is 7.11. The van der Waals surface area contributed by atoms with Crippen molar-refractivity contribution in [1.82, 2.24) is 0 Å². The number of hydrogen-bond donors (Lipinski definition) is 1. The van der Waals surface area contributed by atoms with Crippen molar-refractivity contribution in [2.45, 2.75) is 40.0 Å². The van der Waals surface area contributed by atoms with Crippen LogP contribution in [0, 0.1) is 13.8 Å². The number of benzene rings is 2. The minimum Gasteiger partial charge on any atom is -0.322 e. The van der Waals surface area contributed by atoms with Gasteiger partial charge in [0.15, 0.2) is 0 Å². The first-order valence-corrected chi connectivity index (χ1v) is 10.9. The van der Waals surface area contributed by atoms with Crippen molar-refractivity contribution in [1.29, 1.82) is 0 Å². The van der Waals surface area contributed by atoms with Gasteiger partial charge in [-0.2, -0.15) is 0 Å². The highest BCUT2D eigenvalue weighted by molar-refractivity contribution is 7.92. The van der Waals surface area contributed by atoms with Crippen LogP contribution in [0.4, 0.5) is 11.4 Å². The molecule has 1 heterocycles. The summed E-state index contributed by atoms with van der Waals surface area (Å²) in [7, 11) is -3.29. The summed E-state index contributed by atoms with van der Waals surface area (Å²) in [6.07, 6.45) is 2.18. The smallest absolute Gasteiger partial charge is 0.255 e. The molecule has 0 fully saturated rings. The van der Waals surface area contributed by atoms with E-state index in [1.165, 1.54) is 4.31 Å². The van der Waals surface area contributed by atoms with E-state index in [9.17, 15) is 13.2 Å². The number of carbonyl (C=O) groups is 1. The van der Waals surface area contributed by atoms with Crippen molar-refractivity contribution in [2.75, 3.05) is 21.9 Å². The number of sulfonamides is 1. The fraction of sp³-hybridized carbons (Fsp3) is 0.381. The normalized spacial score (nSPS) is 14.0. The number of aryl methyl sites for hydroxylation is 3. The van der Waals surface area contributed by atoms with Crippen LogP contribution in [-0.2, 0) is 16.4 Å². The van der Waals surface area contributed by atoms with Crippen molar-refractivity contribution >= 4 is 27.3 Å². The lowest BCUT2D eigenvalue weighted by molar-refractivity contribution is 0.102. The minimum absolute atomic E-state index is 0.150. The second kappa shape index (κ2) is 7.72. The highest BCUT2D eigenvalue weighted by Gasteiger charge is 2.27. The number of hydrogen-bond acceptors (Lipinski definition) is 3. The molecule has 0 aromatic heterocycles. The molecule has 0 saturated carbocycles. The van der Waals surface area contributed by atoms with Gasteiger partial charge in [-0.25, -0.2) is 8.42 Å². The Morgan fingerprint density at radius 1 is 1.15 bits per heavy atom. The molecule has 0 aliphatic carbocycles. The molecule has 144 valence electrons. The zero-order valence-corrected chi connectivity index (χ0v) is 16.9. The van der Waals surface area contributed by atoms with Crippen LogP contribution in [0.1, 0.15) is 46.8 Å². The third-order valence-corrected chi connectivity index (χ3v) is 6.81. The molecule has 0 saturated heterocycles. The molecule has 0 unspecified atom stereocenters. The molecule has 1 aliphatic rings.